The van der Waals surface area contributed by atoms with Crippen molar-refractivity contribution in [3.8, 4) is 17.2 Å². The molecule has 0 atom stereocenters. The summed E-state index contributed by atoms with van der Waals surface area (Å²) in [5, 5.41) is 2.31. The number of benzene rings is 2. The van der Waals surface area contributed by atoms with Crippen LogP contribution in [0.25, 0.3) is 6.08 Å². The molecule has 0 fully saturated rings. The highest BCUT2D eigenvalue weighted by molar-refractivity contribution is 6.32. The van der Waals surface area contributed by atoms with Crippen LogP contribution < -0.4 is 19.5 Å². The molecule has 0 bridgehead atoms. The Morgan fingerprint density at radius 1 is 1.10 bits per heavy atom. The van der Waals surface area contributed by atoms with Gasteiger partial charge in [-0.1, -0.05) is 11.6 Å². The Bertz CT molecular complexity index is 936. The van der Waals surface area contributed by atoms with Gasteiger partial charge in [-0.05, 0) is 42.5 Å². The first-order chi connectivity index (χ1) is 14.3. The second-order valence-electron chi connectivity index (χ2n) is 5.62. The van der Waals surface area contributed by atoms with E-state index in [-0.39, 0.29) is 16.5 Å². The van der Waals surface area contributed by atoms with Crippen molar-refractivity contribution in [2.75, 3.05) is 26.1 Å². The number of anilines is 1. The summed E-state index contributed by atoms with van der Waals surface area (Å²) >= 11 is 5.81. The number of rotatable bonds is 9. The number of hydrogen-bond donors (Lipinski definition) is 1. The molecule has 2 rings (SSSR count). The normalized spacial score (nSPS) is 10.7. The number of amides is 1. The molecular formula is C20H18ClF2NO6. The summed E-state index contributed by atoms with van der Waals surface area (Å²) in [6.45, 7) is -3.59. The van der Waals surface area contributed by atoms with Crippen molar-refractivity contribution in [2.24, 2.45) is 0 Å². The zero-order valence-electron chi connectivity index (χ0n) is 16.0. The molecule has 0 aromatic heterocycles. The van der Waals surface area contributed by atoms with E-state index in [1.165, 1.54) is 38.5 Å². The number of carbonyl (C=O) groups is 2. The van der Waals surface area contributed by atoms with Gasteiger partial charge in [-0.25, -0.2) is 4.79 Å². The summed E-state index contributed by atoms with van der Waals surface area (Å²) in [4.78, 5) is 23.8. The predicted octanol–water partition coefficient (Wildman–Crippen LogP) is 4.15. The van der Waals surface area contributed by atoms with Gasteiger partial charge in [0.2, 0.25) is 0 Å². The van der Waals surface area contributed by atoms with Crippen molar-refractivity contribution in [1.29, 1.82) is 0 Å². The third kappa shape index (κ3) is 6.93. The van der Waals surface area contributed by atoms with Gasteiger partial charge < -0.3 is 24.3 Å². The maximum Gasteiger partial charge on any atom is 0.387 e. The number of hydrogen-bond acceptors (Lipinski definition) is 6. The lowest BCUT2D eigenvalue weighted by molar-refractivity contribution is -0.142. The van der Waals surface area contributed by atoms with E-state index in [0.29, 0.717) is 17.1 Å². The zero-order valence-corrected chi connectivity index (χ0v) is 16.7. The number of halogens is 3. The first-order valence-electron chi connectivity index (χ1n) is 8.43. The predicted molar refractivity (Wildman–Crippen MR) is 106 cm³/mol. The summed E-state index contributed by atoms with van der Waals surface area (Å²) in [5.41, 5.74) is 0.804. The Balaban J connectivity index is 1.90. The molecule has 0 heterocycles. The van der Waals surface area contributed by atoms with E-state index in [1.807, 2.05) is 0 Å². The monoisotopic (exact) mass is 441 g/mol. The molecule has 30 heavy (non-hydrogen) atoms. The van der Waals surface area contributed by atoms with Crippen molar-refractivity contribution in [2.45, 2.75) is 6.61 Å². The van der Waals surface area contributed by atoms with Gasteiger partial charge in [0.05, 0.1) is 19.2 Å². The van der Waals surface area contributed by atoms with Gasteiger partial charge in [0.25, 0.3) is 5.91 Å². The number of alkyl halides is 2. The van der Waals surface area contributed by atoms with E-state index in [1.54, 1.807) is 18.2 Å². The summed E-state index contributed by atoms with van der Waals surface area (Å²) in [5.74, 6) is -0.530. The third-order valence-electron chi connectivity index (χ3n) is 3.61. The Kier molecular flexibility index (Phi) is 8.42. The fourth-order valence-corrected chi connectivity index (χ4v) is 2.50. The van der Waals surface area contributed by atoms with Crippen molar-refractivity contribution >= 4 is 35.2 Å². The van der Waals surface area contributed by atoms with Crippen LogP contribution in [0.3, 0.4) is 0 Å². The molecule has 0 saturated heterocycles. The fourth-order valence-electron chi connectivity index (χ4n) is 2.28. The molecule has 0 saturated carbocycles. The average Bonchev–Trinajstić information content (AvgIpc) is 2.72. The lowest BCUT2D eigenvalue weighted by atomic mass is 10.1. The molecular weight excluding hydrogens is 424 g/mol. The van der Waals surface area contributed by atoms with Crippen LogP contribution in [0.4, 0.5) is 14.5 Å². The van der Waals surface area contributed by atoms with Gasteiger partial charge in [0, 0.05) is 17.3 Å². The van der Waals surface area contributed by atoms with Crippen molar-refractivity contribution < 1.29 is 37.3 Å². The Hall–Kier alpha value is -3.33. The van der Waals surface area contributed by atoms with E-state index < -0.39 is 25.1 Å². The minimum absolute atomic E-state index is 0.111. The van der Waals surface area contributed by atoms with Crippen LogP contribution in [0.2, 0.25) is 5.02 Å². The largest absolute Gasteiger partial charge is 0.497 e. The molecule has 10 heteroatoms. The minimum Gasteiger partial charge on any atom is -0.497 e. The second kappa shape index (κ2) is 11.0. The molecule has 0 aliphatic carbocycles. The summed E-state index contributed by atoms with van der Waals surface area (Å²) in [7, 11) is 3.00. The van der Waals surface area contributed by atoms with Crippen molar-refractivity contribution in [1.82, 2.24) is 0 Å². The molecule has 0 aliphatic heterocycles. The Morgan fingerprint density at radius 2 is 1.83 bits per heavy atom. The van der Waals surface area contributed by atoms with Crippen LogP contribution >= 0.6 is 11.6 Å². The van der Waals surface area contributed by atoms with Gasteiger partial charge in [0.1, 0.15) is 17.2 Å². The highest BCUT2D eigenvalue weighted by atomic mass is 35.5. The standard InChI is InChI=1S/C20H18ClF2NO6/c1-27-14-5-7-16(28-2)12(9-14)3-8-19(26)29-11-18(25)24-13-4-6-17(15(21)10-13)30-20(22)23/h3-10,20H,11H2,1-2H3,(H,24,25)/b8-3+. The number of ether oxygens (including phenoxy) is 4. The molecule has 0 spiro atoms. The minimum atomic E-state index is -3.02. The van der Waals surface area contributed by atoms with Crippen molar-refractivity contribution in [3.05, 3.63) is 53.1 Å². The van der Waals surface area contributed by atoms with Gasteiger partial charge in [-0.2, -0.15) is 8.78 Å². The van der Waals surface area contributed by atoms with E-state index in [2.05, 4.69) is 10.1 Å². The number of esters is 1. The number of nitrogens with one attached hydrogen (secondary N) is 1. The molecule has 0 unspecified atom stereocenters. The highest BCUT2D eigenvalue weighted by Crippen LogP contribution is 2.29. The first kappa shape index (κ1) is 23.0. The lowest BCUT2D eigenvalue weighted by Gasteiger charge is -2.09. The zero-order chi connectivity index (χ0) is 22.1. The Labute approximate surface area is 176 Å². The van der Waals surface area contributed by atoms with Crippen LogP contribution in [0.5, 0.6) is 17.2 Å². The Morgan fingerprint density at radius 3 is 2.47 bits per heavy atom. The van der Waals surface area contributed by atoms with Gasteiger partial charge in [0.15, 0.2) is 6.61 Å². The number of methoxy groups -OCH3 is 2. The van der Waals surface area contributed by atoms with Crippen LogP contribution in [-0.2, 0) is 14.3 Å². The van der Waals surface area contributed by atoms with E-state index >= 15 is 0 Å². The van der Waals surface area contributed by atoms with E-state index in [0.717, 1.165) is 6.08 Å². The highest BCUT2D eigenvalue weighted by Gasteiger charge is 2.11. The maximum atomic E-state index is 12.2. The SMILES string of the molecule is COc1ccc(OC)c(/C=C/C(=O)OCC(=O)Nc2ccc(OC(F)F)c(Cl)c2)c1. The van der Waals surface area contributed by atoms with Crippen LogP contribution in [0, 0.1) is 0 Å². The average molecular weight is 442 g/mol. The van der Waals surface area contributed by atoms with Crippen LogP contribution in [-0.4, -0.2) is 39.3 Å². The lowest BCUT2D eigenvalue weighted by Crippen LogP contribution is -2.20. The molecule has 1 amide bonds. The summed E-state index contributed by atoms with van der Waals surface area (Å²) < 4.78 is 43.8. The van der Waals surface area contributed by atoms with Crippen molar-refractivity contribution in [3.63, 3.8) is 0 Å². The molecule has 2 aromatic rings. The first-order valence-corrected chi connectivity index (χ1v) is 8.81. The van der Waals surface area contributed by atoms with E-state index in [9.17, 15) is 18.4 Å². The van der Waals surface area contributed by atoms with Crippen LogP contribution in [0.15, 0.2) is 42.5 Å². The van der Waals surface area contributed by atoms with Gasteiger partial charge >= 0.3 is 12.6 Å². The molecule has 0 radical (unpaired) electrons. The summed E-state index contributed by atoms with van der Waals surface area (Å²) in [6.07, 6.45) is 2.60. The molecule has 0 aliphatic rings. The fraction of sp³-hybridized carbons (Fsp3) is 0.200. The van der Waals surface area contributed by atoms with Crippen LogP contribution in [0.1, 0.15) is 5.56 Å². The second-order valence-corrected chi connectivity index (χ2v) is 6.03. The molecule has 7 nitrogen and oxygen atoms in total. The van der Waals surface area contributed by atoms with Gasteiger partial charge in [-0.15, -0.1) is 0 Å². The topological polar surface area (TPSA) is 83.1 Å². The maximum absolute atomic E-state index is 12.2. The number of carbonyl (C=O) groups excluding carboxylic acids is 2. The quantitative estimate of drug-likeness (QED) is 0.465. The molecule has 1 N–H and O–H groups in total. The molecule has 2 aromatic carbocycles. The summed E-state index contributed by atoms with van der Waals surface area (Å²) in [6, 6.07) is 8.78. The van der Waals surface area contributed by atoms with Gasteiger partial charge in [-0.3, -0.25) is 4.79 Å². The smallest absolute Gasteiger partial charge is 0.387 e. The van der Waals surface area contributed by atoms with E-state index in [4.69, 9.17) is 25.8 Å². The molecule has 160 valence electrons. The third-order valence-corrected chi connectivity index (χ3v) is 3.91.